The van der Waals surface area contributed by atoms with E-state index in [9.17, 15) is 15.0 Å². The van der Waals surface area contributed by atoms with Gasteiger partial charge in [0.1, 0.15) is 17.1 Å². The fourth-order valence-corrected chi connectivity index (χ4v) is 6.43. The Kier molecular flexibility index (Phi) is 9.69. The average Bonchev–Trinajstić information content (AvgIpc) is 3.05. The number of carbonyl (C=O) groups excluding carboxylic acids is 1. The number of aliphatic hydroxyl groups excluding tert-OH is 2. The zero-order valence-corrected chi connectivity index (χ0v) is 27.0. The van der Waals surface area contributed by atoms with E-state index in [-0.39, 0.29) is 18.4 Å². The Hall–Kier alpha value is -3.84. The van der Waals surface area contributed by atoms with Crippen molar-refractivity contribution >= 4 is 34.8 Å². The van der Waals surface area contributed by atoms with Gasteiger partial charge in [0.15, 0.2) is 0 Å². The molecule has 13 heteroatoms. The third-order valence-corrected chi connectivity index (χ3v) is 9.03. The summed E-state index contributed by atoms with van der Waals surface area (Å²) in [6.07, 6.45) is 2.06. The minimum absolute atomic E-state index is 0.0492. The summed E-state index contributed by atoms with van der Waals surface area (Å²) in [6.45, 7) is 3.56. The first-order valence-electron chi connectivity index (χ1n) is 14.9. The van der Waals surface area contributed by atoms with Gasteiger partial charge in [-0.25, -0.2) is 9.97 Å². The number of halogens is 2. The number of β-amino-alcohol motifs (C(OH)–C–C–N with tert-alkyl or cyclic N) is 2. The van der Waals surface area contributed by atoms with Gasteiger partial charge in [-0.05, 0) is 12.5 Å². The zero-order chi connectivity index (χ0) is 32.4. The lowest BCUT2D eigenvalue weighted by Gasteiger charge is -2.35. The van der Waals surface area contributed by atoms with Gasteiger partial charge in [0, 0.05) is 67.6 Å². The van der Waals surface area contributed by atoms with Crippen LogP contribution < -0.4 is 14.8 Å². The van der Waals surface area contributed by atoms with E-state index in [1.807, 2.05) is 24.3 Å². The lowest BCUT2D eigenvalue weighted by atomic mass is 10.0. The third-order valence-electron chi connectivity index (χ3n) is 8.22. The van der Waals surface area contributed by atoms with Gasteiger partial charge in [-0.1, -0.05) is 53.5 Å². The summed E-state index contributed by atoms with van der Waals surface area (Å²) in [7, 11) is 3.12. The largest absolute Gasteiger partial charge is 0.496 e. The molecule has 1 amide bonds. The number of nitrogens with zero attached hydrogens (tertiary/aromatic N) is 5. The number of hydrogen-bond acceptors (Lipinski definition) is 10. The third kappa shape index (κ3) is 6.52. The van der Waals surface area contributed by atoms with Gasteiger partial charge in [0.05, 0.1) is 60.2 Å². The van der Waals surface area contributed by atoms with E-state index in [1.165, 1.54) is 0 Å². The minimum Gasteiger partial charge on any atom is -0.496 e. The summed E-state index contributed by atoms with van der Waals surface area (Å²) in [5.41, 5.74) is 5.42. The van der Waals surface area contributed by atoms with Crippen molar-refractivity contribution < 1.29 is 24.5 Å². The fraction of sp³-hybridized carbons (Fsp3) is 0.333. The van der Waals surface area contributed by atoms with Crippen LogP contribution in [-0.2, 0) is 19.5 Å². The number of rotatable bonds is 10. The van der Waals surface area contributed by atoms with Crippen molar-refractivity contribution in [3.8, 4) is 34.0 Å². The number of carbonyl (C=O) groups is 1. The summed E-state index contributed by atoms with van der Waals surface area (Å²) in [5.74, 6) is 0.556. The SMILES string of the molecule is COc1cc(C(=O)Nc2cccc(-c3cccc(-c4cnc(CN5CC(O)C5)c(OC)n4)c3Cl)c2Cl)nc2c1CCN(CCO)C2. The van der Waals surface area contributed by atoms with Crippen molar-refractivity contribution in [2.45, 2.75) is 25.6 Å². The quantitative estimate of drug-likeness (QED) is 0.225. The van der Waals surface area contributed by atoms with Crippen LogP contribution >= 0.6 is 23.2 Å². The summed E-state index contributed by atoms with van der Waals surface area (Å²) in [6, 6.07) is 12.5. The van der Waals surface area contributed by atoms with Gasteiger partial charge in [-0.15, -0.1) is 0 Å². The first kappa shape index (κ1) is 32.1. The van der Waals surface area contributed by atoms with Crippen LogP contribution in [0.15, 0.2) is 48.7 Å². The van der Waals surface area contributed by atoms with E-state index in [0.717, 1.165) is 17.8 Å². The van der Waals surface area contributed by atoms with Crippen LogP contribution in [0.2, 0.25) is 10.0 Å². The van der Waals surface area contributed by atoms with Crippen molar-refractivity contribution in [2.75, 3.05) is 52.3 Å². The smallest absolute Gasteiger partial charge is 0.274 e. The summed E-state index contributed by atoms with van der Waals surface area (Å²) in [5, 5.41) is 22.6. The second-order valence-corrected chi connectivity index (χ2v) is 12.0. The molecule has 2 aromatic heterocycles. The number of aliphatic hydroxyl groups is 2. The van der Waals surface area contributed by atoms with Gasteiger partial charge >= 0.3 is 0 Å². The van der Waals surface area contributed by atoms with Gasteiger partial charge in [-0.3, -0.25) is 19.6 Å². The van der Waals surface area contributed by atoms with Crippen LogP contribution in [0.25, 0.3) is 22.4 Å². The van der Waals surface area contributed by atoms with Gasteiger partial charge < -0.3 is 25.0 Å². The van der Waals surface area contributed by atoms with Gasteiger partial charge in [-0.2, -0.15) is 0 Å². The molecule has 0 radical (unpaired) electrons. The number of methoxy groups -OCH3 is 2. The molecule has 1 fully saturated rings. The highest BCUT2D eigenvalue weighted by atomic mass is 35.5. The Morgan fingerprint density at radius 3 is 2.48 bits per heavy atom. The molecule has 1 saturated heterocycles. The molecule has 46 heavy (non-hydrogen) atoms. The molecule has 0 unspecified atom stereocenters. The molecular formula is C33H34Cl2N6O5. The number of nitrogens with one attached hydrogen (secondary N) is 1. The molecule has 2 aliphatic heterocycles. The van der Waals surface area contributed by atoms with Crippen LogP contribution in [0, 0.1) is 0 Å². The second-order valence-electron chi connectivity index (χ2n) is 11.2. The van der Waals surface area contributed by atoms with E-state index in [1.54, 1.807) is 38.6 Å². The number of fused-ring (bicyclic) bond motifs is 1. The molecule has 2 aromatic carbocycles. The van der Waals surface area contributed by atoms with E-state index < -0.39 is 5.91 Å². The normalized spacial score (nSPS) is 15.3. The van der Waals surface area contributed by atoms with E-state index in [2.05, 4.69) is 30.1 Å². The number of ether oxygens (including phenoxy) is 2. The number of anilines is 1. The molecule has 4 aromatic rings. The maximum atomic E-state index is 13.5. The molecule has 0 aliphatic carbocycles. The number of pyridine rings is 1. The maximum Gasteiger partial charge on any atom is 0.274 e. The van der Waals surface area contributed by atoms with Crippen LogP contribution in [0.5, 0.6) is 11.6 Å². The van der Waals surface area contributed by atoms with Gasteiger partial charge in [0.25, 0.3) is 5.91 Å². The Morgan fingerprint density at radius 2 is 1.76 bits per heavy atom. The van der Waals surface area contributed by atoms with E-state index in [0.29, 0.717) is 94.6 Å². The van der Waals surface area contributed by atoms with Crippen LogP contribution in [0.4, 0.5) is 5.69 Å². The standard InChI is InChI=1S/C33H34Cl2N6O5/c1-45-29-13-25(37-27-17-40(11-12-42)10-9-22(27)29)32(44)38-24-8-4-6-21(31(24)35)20-5-3-7-23(30(20)34)26-14-36-28(33(39-26)46-2)18-41-15-19(43)16-41/h3-8,13-14,19,42-43H,9-12,15-18H2,1-2H3,(H,38,44). The first-order chi connectivity index (χ1) is 22.3. The summed E-state index contributed by atoms with van der Waals surface area (Å²) < 4.78 is 11.1. The molecule has 0 atom stereocenters. The second kappa shape index (κ2) is 13.9. The molecule has 4 heterocycles. The lowest BCUT2D eigenvalue weighted by molar-refractivity contribution is -0.00403. The predicted octanol–water partition coefficient (Wildman–Crippen LogP) is 4.31. The molecule has 6 rings (SSSR count). The minimum atomic E-state index is -0.436. The molecule has 0 bridgehead atoms. The molecule has 0 saturated carbocycles. The highest BCUT2D eigenvalue weighted by molar-refractivity contribution is 6.39. The topological polar surface area (TPSA) is 133 Å². The Labute approximate surface area is 276 Å². The van der Waals surface area contributed by atoms with Crippen molar-refractivity contribution in [3.05, 3.63) is 81.4 Å². The maximum absolute atomic E-state index is 13.5. The average molecular weight is 666 g/mol. The highest BCUT2D eigenvalue weighted by Crippen LogP contribution is 2.41. The molecule has 11 nitrogen and oxygen atoms in total. The van der Waals surface area contributed by atoms with Crippen molar-refractivity contribution in [2.24, 2.45) is 0 Å². The zero-order valence-electron chi connectivity index (χ0n) is 25.5. The molecule has 0 spiro atoms. The van der Waals surface area contributed by atoms with E-state index in [4.69, 9.17) is 32.7 Å². The fourth-order valence-electron chi connectivity index (χ4n) is 5.83. The Balaban J connectivity index is 1.26. The number of amides is 1. The predicted molar refractivity (Wildman–Crippen MR) is 176 cm³/mol. The van der Waals surface area contributed by atoms with Gasteiger partial charge in [0.2, 0.25) is 5.88 Å². The highest BCUT2D eigenvalue weighted by Gasteiger charge is 2.27. The molecule has 240 valence electrons. The lowest BCUT2D eigenvalue weighted by Crippen LogP contribution is -2.50. The monoisotopic (exact) mass is 664 g/mol. The van der Waals surface area contributed by atoms with Crippen LogP contribution in [-0.4, -0.2) is 94.0 Å². The number of likely N-dealkylation sites (tertiary alicyclic amines) is 1. The van der Waals surface area contributed by atoms with E-state index >= 15 is 0 Å². The molecule has 3 N–H and O–H groups in total. The van der Waals surface area contributed by atoms with Crippen molar-refractivity contribution in [3.63, 3.8) is 0 Å². The number of benzene rings is 2. The Morgan fingerprint density at radius 1 is 1.02 bits per heavy atom. The number of aromatic nitrogens is 3. The van der Waals surface area contributed by atoms with Crippen LogP contribution in [0.1, 0.15) is 27.4 Å². The summed E-state index contributed by atoms with van der Waals surface area (Å²) in [4.78, 5) is 31.5. The Bertz CT molecular complexity index is 1770. The number of hydrogen-bond donors (Lipinski definition) is 3. The first-order valence-corrected chi connectivity index (χ1v) is 15.6. The summed E-state index contributed by atoms with van der Waals surface area (Å²) >= 11 is 13.9. The molecule has 2 aliphatic rings. The van der Waals surface area contributed by atoms with Crippen LogP contribution in [0.3, 0.4) is 0 Å². The van der Waals surface area contributed by atoms with Crippen molar-refractivity contribution in [1.82, 2.24) is 24.8 Å². The van der Waals surface area contributed by atoms with Crippen molar-refractivity contribution in [1.29, 1.82) is 0 Å². The molecular weight excluding hydrogens is 631 g/mol.